The Morgan fingerprint density at radius 3 is 2.93 bits per heavy atom. The fraction of sp³-hybridized carbons (Fsp3) is 0.545. The van der Waals surface area contributed by atoms with Gasteiger partial charge in [-0.1, -0.05) is 0 Å². The molecule has 2 N–H and O–H groups in total. The van der Waals surface area contributed by atoms with E-state index in [0.717, 1.165) is 12.4 Å². The van der Waals surface area contributed by atoms with Crippen molar-refractivity contribution in [2.75, 3.05) is 6.54 Å². The number of hydrazine groups is 1. The van der Waals surface area contributed by atoms with Crippen LogP contribution in [0.1, 0.15) is 20.8 Å². The topological polar surface area (TPSA) is 44.9 Å². The zero-order valence-corrected chi connectivity index (χ0v) is 9.51. The fourth-order valence-corrected chi connectivity index (χ4v) is 1.85. The lowest BCUT2D eigenvalue weighted by Gasteiger charge is -2.36. The van der Waals surface area contributed by atoms with Crippen molar-refractivity contribution in [3.05, 3.63) is 24.2 Å². The van der Waals surface area contributed by atoms with Crippen LogP contribution < -0.4 is 5.73 Å². The van der Waals surface area contributed by atoms with Crippen molar-refractivity contribution < 1.29 is 0 Å². The van der Waals surface area contributed by atoms with Crippen molar-refractivity contribution in [1.29, 1.82) is 0 Å². The molecule has 1 unspecified atom stereocenters. The van der Waals surface area contributed by atoms with E-state index in [1.807, 2.05) is 32.3 Å². The molecule has 2 aliphatic rings. The second-order valence-electron chi connectivity index (χ2n) is 4.82. The Labute approximate surface area is 90.7 Å². The highest BCUT2D eigenvalue weighted by Gasteiger charge is 2.31. The third-order valence-electron chi connectivity index (χ3n) is 2.46. The Bertz CT molecular complexity index is 335. The monoisotopic (exact) mass is 206 g/mol. The number of rotatable bonds is 2. The van der Waals surface area contributed by atoms with Gasteiger partial charge in [-0.25, -0.2) is 10.0 Å². The van der Waals surface area contributed by atoms with Crippen LogP contribution in [0, 0.1) is 0 Å². The normalized spacial score (nSPS) is 25.7. The van der Waals surface area contributed by atoms with Crippen molar-refractivity contribution in [2.24, 2.45) is 10.7 Å². The summed E-state index contributed by atoms with van der Waals surface area (Å²) in [5.41, 5.74) is 5.84. The van der Waals surface area contributed by atoms with Crippen LogP contribution in [0.4, 0.5) is 0 Å². The number of nitrogens with zero attached hydrogens (tertiary/aromatic N) is 3. The van der Waals surface area contributed by atoms with E-state index in [1.165, 1.54) is 0 Å². The first-order chi connectivity index (χ1) is 6.97. The molecule has 4 heteroatoms. The van der Waals surface area contributed by atoms with Gasteiger partial charge in [0.15, 0.2) is 0 Å². The summed E-state index contributed by atoms with van der Waals surface area (Å²) in [5, 5.41) is 4.29. The van der Waals surface area contributed by atoms with Crippen LogP contribution in [-0.2, 0) is 0 Å². The molecule has 0 spiro atoms. The molecule has 0 saturated carbocycles. The minimum absolute atomic E-state index is 0.202. The largest absolute Gasteiger partial charge is 0.324 e. The number of aliphatic imine (C=N–C) groups is 1. The third-order valence-corrected chi connectivity index (χ3v) is 2.46. The van der Waals surface area contributed by atoms with E-state index < -0.39 is 0 Å². The summed E-state index contributed by atoms with van der Waals surface area (Å²) in [4.78, 5) is 4.31. The molecule has 15 heavy (non-hydrogen) atoms. The van der Waals surface area contributed by atoms with Crippen molar-refractivity contribution in [2.45, 2.75) is 32.4 Å². The minimum atomic E-state index is -0.202. The van der Waals surface area contributed by atoms with Gasteiger partial charge in [0, 0.05) is 30.5 Å². The van der Waals surface area contributed by atoms with Crippen LogP contribution in [0.2, 0.25) is 0 Å². The molecular formula is C11H18N4. The van der Waals surface area contributed by atoms with E-state index in [2.05, 4.69) is 28.0 Å². The summed E-state index contributed by atoms with van der Waals surface area (Å²) >= 11 is 0. The molecule has 2 aliphatic heterocycles. The standard InChI is InChI=1S/C11H18N4/c1-9-7-10-13-5-4-6-14(10)15(9)8-11(2,3)12/h4-7,9H,8,12H2,1-3H3. The Balaban J connectivity index is 2.15. The van der Waals surface area contributed by atoms with Gasteiger partial charge in [-0.15, -0.1) is 0 Å². The lowest BCUT2D eigenvalue weighted by Crippen LogP contribution is -2.50. The molecule has 0 fully saturated rings. The SMILES string of the molecule is CC1C=C2N=CC=CN2N1CC(C)(C)N. The third kappa shape index (κ3) is 2.11. The lowest BCUT2D eigenvalue weighted by atomic mass is 10.1. The number of allylic oxidation sites excluding steroid dienone is 1. The van der Waals surface area contributed by atoms with Crippen LogP contribution in [0.5, 0.6) is 0 Å². The summed E-state index contributed by atoms with van der Waals surface area (Å²) in [6.45, 7) is 7.04. The maximum atomic E-state index is 6.05. The van der Waals surface area contributed by atoms with Gasteiger partial charge in [0.1, 0.15) is 5.82 Å². The van der Waals surface area contributed by atoms with Gasteiger partial charge in [-0.2, -0.15) is 0 Å². The number of nitrogens with two attached hydrogens (primary N) is 1. The van der Waals surface area contributed by atoms with Gasteiger partial charge in [-0.3, -0.25) is 5.01 Å². The molecule has 82 valence electrons. The molecule has 0 saturated heterocycles. The van der Waals surface area contributed by atoms with E-state index in [4.69, 9.17) is 5.73 Å². The van der Waals surface area contributed by atoms with Gasteiger partial charge < -0.3 is 5.73 Å². The Morgan fingerprint density at radius 1 is 1.53 bits per heavy atom. The molecular weight excluding hydrogens is 188 g/mol. The van der Waals surface area contributed by atoms with Gasteiger partial charge in [0.2, 0.25) is 0 Å². The Morgan fingerprint density at radius 2 is 2.27 bits per heavy atom. The highest BCUT2D eigenvalue weighted by atomic mass is 15.7. The van der Waals surface area contributed by atoms with Crippen LogP contribution in [0.25, 0.3) is 0 Å². The van der Waals surface area contributed by atoms with Gasteiger partial charge in [-0.05, 0) is 32.9 Å². The average molecular weight is 206 g/mol. The number of fused-ring (bicyclic) bond motifs is 1. The van der Waals surface area contributed by atoms with Crippen molar-refractivity contribution >= 4 is 6.21 Å². The first kappa shape index (κ1) is 10.4. The number of hydrogen-bond acceptors (Lipinski definition) is 4. The van der Waals surface area contributed by atoms with Gasteiger partial charge in [0.25, 0.3) is 0 Å². The summed E-state index contributed by atoms with van der Waals surface area (Å²) in [7, 11) is 0. The predicted octanol–water partition coefficient (Wildman–Crippen LogP) is 1.08. The summed E-state index contributed by atoms with van der Waals surface area (Å²) in [6.07, 6.45) is 7.91. The predicted molar refractivity (Wildman–Crippen MR) is 62.0 cm³/mol. The maximum Gasteiger partial charge on any atom is 0.144 e. The highest BCUT2D eigenvalue weighted by Crippen LogP contribution is 2.26. The summed E-state index contributed by atoms with van der Waals surface area (Å²) in [6, 6.07) is 0.350. The minimum Gasteiger partial charge on any atom is -0.324 e. The quantitative estimate of drug-likeness (QED) is 0.735. The second kappa shape index (κ2) is 3.47. The summed E-state index contributed by atoms with van der Waals surface area (Å²) in [5.74, 6) is 0.995. The molecule has 0 aromatic carbocycles. The zero-order chi connectivity index (χ0) is 11.1. The maximum absolute atomic E-state index is 6.05. The molecule has 0 aliphatic carbocycles. The molecule has 1 atom stereocenters. The fourth-order valence-electron chi connectivity index (χ4n) is 1.85. The van der Waals surface area contributed by atoms with Crippen LogP contribution in [0.3, 0.4) is 0 Å². The number of hydrogen-bond donors (Lipinski definition) is 1. The first-order valence-electron chi connectivity index (χ1n) is 5.25. The van der Waals surface area contributed by atoms with Crippen molar-refractivity contribution in [3.63, 3.8) is 0 Å². The van der Waals surface area contributed by atoms with Crippen LogP contribution in [0.15, 0.2) is 29.2 Å². The molecule has 0 aromatic heterocycles. The van der Waals surface area contributed by atoms with Crippen molar-refractivity contribution in [1.82, 2.24) is 10.0 Å². The Kier molecular flexibility index (Phi) is 2.40. The molecule has 4 nitrogen and oxygen atoms in total. The van der Waals surface area contributed by atoms with E-state index in [1.54, 1.807) is 0 Å². The van der Waals surface area contributed by atoms with Gasteiger partial charge in [0.05, 0.1) is 0 Å². The van der Waals surface area contributed by atoms with E-state index in [9.17, 15) is 0 Å². The smallest absolute Gasteiger partial charge is 0.144 e. The van der Waals surface area contributed by atoms with E-state index >= 15 is 0 Å². The zero-order valence-electron chi connectivity index (χ0n) is 9.51. The first-order valence-corrected chi connectivity index (χ1v) is 5.25. The molecule has 2 rings (SSSR count). The van der Waals surface area contributed by atoms with Crippen LogP contribution >= 0.6 is 0 Å². The molecule has 0 radical (unpaired) electrons. The average Bonchev–Trinajstić information content (AvgIpc) is 2.41. The molecule has 0 aromatic rings. The lowest BCUT2D eigenvalue weighted by molar-refractivity contribution is 0.0360. The summed E-state index contributed by atoms with van der Waals surface area (Å²) < 4.78 is 0. The van der Waals surface area contributed by atoms with Gasteiger partial charge >= 0.3 is 0 Å². The molecule has 0 amide bonds. The molecule has 0 bridgehead atoms. The van der Waals surface area contributed by atoms with E-state index in [-0.39, 0.29) is 5.54 Å². The molecule has 2 heterocycles. The Hall–Kier alpha value is -1.13. The highest BCUT2D eigenvalue weighted by molar-refractivity contribution is 5.73. The van der Waals surface area contributed by atoms with Crippen LogP contribution in [-0.4, -0.2) is 34.4 Å². The second-order valence-corrected chi connectivity index (χ2v) is 4.82. The van der Waals surface area contributed by atoms with Crippen molar-refractivity contribution in [3.8, 4) is 0 Å². The van der Waals surface area contributed by atoms with E-state index in [0.29, 0.717) is 6.04 Å².